The van der Waals surface area contributed by atoms with Crippen molar-refractivity contribution in [2.75, 3.05) is 19.6 Å². The van der Waals surface area contributed by atoms with E-state index >= 15 is 0 Å². The van der Waals surface area contributed by atoms with Gasteiger partial charge in [-0.05, 0) is 58.2 Å². The molecule has 1 aromatic carbocycles. The number of hydrogen-bond donors (Lipinski definition) is 0. The molecule has 37 heavy (non-hydrogen) atoms. The minimum absolute atomic E-state index is 0.0146. The number of halogens is 1. The molecular formula is C29H38FN5O2. The van der Waals surface area contributed by atoms with Crippen LogP contribution >= 0.6 is 0 Å². The predicted molar refractivity (Wildman–Crippen MR) is 143 cm³/mol. The van der Waals surface area contributed by atoms with Gasteiger partial charge >= 0.3 is 0 Å². The molecule has 0 aliphatic carbocycles. The highest BCUT2D eigenvalue weighted by Crippen LogP contribution is 2.35. The van der Waals surface area contributed by atoms with Crippen LogP contribution in [0, 0.1) is 18.7 Å². The minimum atomic E-state index is -0.451. The zero-order valence-corrected chi connectivity index (χ0v) is 22.7. The second kappa shape index (κ2) is 11.1. The average Bonchev–Trinajstić information content (AvgIpc) is 3.20. The van der Waals surface area contributed by atoms with Crippen LogP contribution in [-0.2, 0) is 4.79 Å². The molecule has 0 radical (unpaired) electrons. The van der Waals surface area contributed by atoms with E-state index in [2.05, 4.69) is 23.7 Å². The first-order chi connectivity index (χ1) is 17.7. The van der Waals surface area contributed by atoms with Crippen LogP contribution in [0.1, 0.15) is 75.3 Å². The average molecular weight is 508 g/mol. The molecule has 2 aromatic heterocycles. The summed E-state index contributed by atoms with van der Waals surface area (Å²) in [5, 5.41) is 0. The quantitative estimate of drug-likeness (QED) is 0.356. The summed E-state index contributed by atoms with van der Waals surface area (Å²) in [7, 11) is 0. The van der Waals surface area contributed by atoms with Crippen LogP contribution in [0.4, 0.5) is 4.39 Å². The van der Waals surface area contributed by atoms with Crippen LogP contribution in [0.2, 0.25) is 0 Å². The number of carbonyl (C=O) groups excluding carboxylic acids is 2. The monoisotopic (exact) mass is 507 g/mol. The van der Waals surface area contributed by atoms with Crippen molar-refractivity contribution in [3.63, 3.8) is 0 Å². The molecular weight excluding hydrogens is 469 g/mol. The summed E-state index contributed by atoms with van der Waals surface area (Å²) >= 11 is 0. The van der Waals surface area contributed by atoms with Gasteiger partial charge in [0, 0.05) is 55.8 Å². The van der Waals surface area contributed by atoms with Crippen LogP contribution in [-0.4, -0.2) is 68.1 Å². The molecule has 1 fully saturated rings. The van der Waals surface area contributed by atoms with E-state index < -0.39 is 5.82 Å². The fraction of sp³-hybridized carbons (Fsp3) is 0.517. The van der Waals surface area contributed by atoms with E-state index in [9.17, 15) is 14.0 Å². The van der Waals surface area contributed by atoms with E-state index in [4.69, 9.17) is 4.98 Å². The summed E-state index contributed by atoms with van der Waals surface area (Å²) in [6.07, 6.45) is 6.23. The molecule has 0 saturated carbocycles. The van der Waals surface area contributed by atoms with Crippen LogP contribution in [0.15, 0.2) is 30.6 Å². The van der Waals surface area contributed by atoms with Gasteiger partial charge in [0.25, 0.3) is 5.91 Å². The smallest absolute Gasteiger partial charge is 0.254 e. The van der Waals surface area contributed by atoms with Gasteiger partial charge in [0.1, 0.15) is 17.9 Å². The number of imidazole rings is 1. The third-order valence-corrected chi connectivity index (χ3v) is 7.57. The van der Waals surface area contributed by atoms with Gasteiger partial charge in [-0.3, -0.25) is 9.69 Å². The van der Waals surface area contributed by atoms with E-state index in [0.717, 1.165) is 42.8 Å². The van der Waals surface area contributed by atoms with E-state index in [1.165, 1.54) is 12.1 Å². The number of carbonyl (C=O) groups is 2. The topological polar surface area (TPSA) is 70.8 Å². The Morgan fingerprint density at radius 3 is 2.59 bits per heavy atom. The van der Waals surface area contributed by atoms with Crippen molar-refractivity contribution >= 4 is 17.7 Å². The Hall–Kier alpha value is -3.13. The number of aromatic nitrogens is 3. The Kier molecular flexibility index (Phi) is 8.07. The number of fused-ring (bicyclic) bond motifs is 1. The molecule has 1 unspecified atom stereocenters. The third kappa shape index (κ3) is 5.30. The van der Waals surface area contributed by atoms with Gasteiger partial charge in [-0.15, -0.1) is 0 Å². The molecule has 198 valence electrons. The summed E-state index contributed by atoms with van der Waals surface area (Å²) < 4.78 is 16.4. The maximum absolute atomic E-state index is 14.4. The molecule has 1 aliphatic heterocycles. The number of amides is 1. The largest absolute Gasteiger partial charge is 0.336 e. The molecule has 3 aromatic rings. The standard InChI is InChI=1S/C29H38FN5O2/c1-7-34(19(4)5)29(37)24-13-22(30)10-11-23(24)28-27-14-31-20(6)35(27)17-25(32-28)21-15-33(16-21)26(18(2)3)9-8-12-36/h10-14,17-19,21,26H,7-9,15-16H2,1-6H3. The number of aldehydes is 1. The fourth-order valence-electron chi connectivity index (χ4n) is 5.48. The second-order valence-electron chi connectivity index (χ2n) is 10.7. The van der Waals surface area contributed by atoms with Gasteiger partial charge in [-0.2, -0.15) is 0 Å². The maximum atomic E-state index is 14.4. The summed E-state index contributed by atoms with van der Waals surface area (Å²) in [4.78, 5) is 38.2. The van der Waals surface area contributed by atoms with Crippen molar-refractivity contribution in [2.45, 2.75) is 72.4 Å². The molecule has 1 atom stereocenters. The van der Waals surface area contributed by atoms with Gasteiger partial charge in [-0.1, -0.05) is 13.8 Å². The molecule has 4 rings (SSSR count). The molecule has 3 heterocycles. The number of nitrogens with zero attached hydrogens (tertiary/aromatic N) is 5. The Labute approximate surface area is 218 Å². The normalized spacial score (nSPS) is 15.4. The predicted octanol–water partition coefficient (Wildman–Crippen LogP) is 5.12. The Morgan fingerprint density at radius 2 is 1.97 bits per heavy atom. The van der Waals surface area contributed by atoms with E-state index in [1.807, 2.05) is 38.3 Å². The number of aryl methyl sites for hydroxylation is 1. The summed E-state index contributed by atoms with van der Waals surface area (Å²) in [6, 6.07) is 4.71. The van der Waals surface area contributed by atoms with Gasteiger partial charge < -0.3 is 14.1 Å². The molecule has 0 spiro atoms. The Bertz CT molecular complexity index is 1280. The lowest BCUT2D eigenvalue weighted by molar-refractivity contribution is -0.108. The molecule has 1 saturated heterocycles. The van der Waals surface area contributed by atoms with E-state index in [-0.39, 0.29) is 17.9 Å². The summed E-state index contributed by atoms with van der Waals surface area (Å²) in [5.74, 6) is 0.851. The number of hydrogen-bond acceptors (Lipinski definition) is 5. The fourth-order valence-corrected chi connectivity index (χ4v) is 5.48. The van der Waals surface area contributed by atoms with Crippen molar-refractivity contribution < 1.29 is 14.0 Å². The van der Waals surface area contributed by atoms with E-state index in [0.29, 0.717) is 41.7 Å². The first-order valence-electron chi connectivity index (χ1n) is 13.3. The highest BCUT2D eigenvalue weighted by molar-refractivity contribution is 6.02. The Morgan fingerprint density at radius 1 is 1.24 bits per heavy atom. The van der Waals surface area contributed by atoms with Crippen molar-refractivity contribution in [3.8, 4) is 11.3 Å². The molecule has 8 heteroatoms. The number of likely N-dealkylation sites (tertiary alicyclic amines) is 1. The maximum Gasteiger partial charge on any atom is 0.254 e. The molecule has 0 N–H and O–H groups in total. The molecule has 0 bridgehead atoms. The minimum Gasteiger partial charge on any atom is -0.336 e. The van der Waals surface area contributed by atoms with Gasteiger partial charge in [0.15, 0.2) is 0 Å². The molecule has 1 aliphatic rings. The van der Waals surface area contributed by atoms with Gasteiger partial charge in [-0.25, -0.2) is 14.4 Å². The van der Waals surface area contributed by atoms with Crippen LogP contribution in [0.3, 0.4) is 0 Å². The zero-order valence-electron chi connectivity index (χ0n) is 22.7. The van der Waals surface area contributed by atoms with Crippen molar-refractivity contribution in [1.82, 2.24) is 24.2 Å². The highest BCUT2D eigenvalue weighted by Gasteiger charge is 2.36. The van der Waals surface area contributed by atoms with Crippen molar-refractivity contribution in [2.24, 2.45) is 5.92 Å². The van der Waals surface area contributed by atoms with Crippen LogP contribution in [0.5, 0.6) is 0 Å². The van der Waals surface area contributed by atoms with Crippen molar-refractivity contribution in [3.05, 3.63) is 53.5 Å². The lowest BCUT2D eigenvalue weighted by Crippen LogP contribution is -2.52. The van der Waals surface area contributed by atoms with Crippen LogP contribution in [0.25, 0.3) is 16.8 Å². The number of benzene rings is 1. The molecule has 7 nitrogen and oxygen atoms in total. The zero-order chi connectivity index (χ0) is 26.9. The first-order valence-corrected chi connectivity index (χ1v) is 13.3. The van der Waals surface area contributed by atoms with Gasteiger partial charge in [0.2, 0.25) is 0 Å². The summed E-state index contributed by atoms with van der Waals surface area (Å²) in [5.41, 5.74) is 3.28. The number of rotatable bonds is 10. The van der Waals surface area contributed by atoms with Gasteiger partial charge in [0.05, 0.1) is 28.7 Å². The third-order valence-electron chi connectivity index (χ3n) is 7.57. The van der Waals surface area contributed by atoms with Crippen molar-refractivity contribution in [1.29, 1.82) is 0 Å². The first kappa shape index (κ1) is 26.9. The Balaban J connectivity index is 1.75. The van der Waals surface area contributed by atoms with Crippen LogP contribution < -0.4 is 0 Å². The lowest BCUT2D eigenvalue weighted by Gasteiger charge is -2.46. The molecule has 1 amide bonds. The van der Waals surface area contributed by atoms with E-state index in [1.54, 1.807) is 17.2 Å². The highest BCUT2D eigenvalue weighted by atomic mass is 19.1. The second-order valence-corrected chi connectivity index (χ2v) is 10.7. The summed E-state index contributed by atoms with van der Waals surface area (Å²) in [6.45, 7) is 14.4. The lowest BCUT2D eigenvalue weighted by atomic mass is 9.88. The SMILES string of the molecule is CCN(C(=O)c1cc(F)ccc1-c1nc(C2CN(C(CCC=O)C(C)C)C2)cn2c(C)ncc12)C(C)C.